The van der Waals surface area contributed by atoms with E-state index >= 15 is 0 Å². The second kappa shape index (κ2) is 4.97. The van der Waals surface area contributed by atoms with Crippen molar-refractivity contribution in [3.05, 3.63) is 35.1 Å². The lowest BCUT2D eigenvalue weighted by Crippen LogP contribution is -2.38. The van der Waals surface area contributed by atoms with Gasteiger partial charge in [0, 0.05) is 6.04 Å². The summed E-state index contributed by atoms with van der Waals surface area (Å²) in [4.78, 5) is 0. The first-order chi connectivity index (χ1) is 8.42. The Kier molecular flexibility index (Phi) is 3.73. The standard InChI is InChI=1S/C13H18FNO2S/c1-9-8-10(14)5-6-11(9)13(15)12-4-2-3-7-18(12,16)17/h5-6,8,12-13H,2-4,7,15H2,1H3. The summed E-state index contributed by atoms with van der Waals surface area (Å²) in [6, 6.07) is 3.76. The fourth-order valence-electron chi connectivity index (χ4n) is 2.60. The van der Waals surface area contributed by atoms with E-state index in [4.69, 9.17) is 5.73 Å². The number of halogens is 1. The topological polar surface area (TPSA) is 60.2 Å². The summed E-state index contributed by atoms with van der Waals surface area (Å²) in [5, 5.41) is -0.532. The van der Waals surface area contributed by atoms with Crippen molar-refractivity contribution < 1.29 is 12.8 Å². The molecule has 100 valence electrons. The highest BCUT2D eigenvalue weighted by Gasteiger charge is 2.34. The van der Waals surface area contributed by atoms with Gasteiger partial charge in [0.2, 0.25) is 0 Å². The van der Waals surface area contributed by atoms with Crippen LogP contribution in [0.1, 0.15) is 36.4 Å². The highest BCUT2D eigenvalue weighted by Crippen LogP contribution is 2.30. The van der Waals surface area contributed by atoms with Crippen LogP contribution >= 0.6 is 0 Å². The van der Waals surface area contributed by atoms with Crippen LogP contribution in [0.25, 0.3) is 0 Å². The normalized spacial score (nSPS) is 24.7. The third-order valence-electron chi connectivity index (χ3n) is 3.62. The van der Waals surface area contributed by atoms with Crippen molar-refractivity contribution in [2.75, 3.05) is 5.75 Å². The minimum Gasteiger partial charge on any atom is -0.323 e. The van der Waals surface area contributed by atoms with E-state index in [0.29, 0.717) is 18.4 Å². The zero-order valence-electron chi connectivity index (χ0n) is 10.4. The Bertz CT molecular complexity index is 542. The van der Waals surface area contributed by atoms with Gasteiger partial charge >= 0.3 is 0 Å². The molecule has 1 aliphatic heterocycles. The van der Waals surface area contributed by atoms with E-state index in [1.165, 1.54) is 12.1 Å². The molecule has 1 heterocycles. The number of hydrogen-bond donors (Lipinski definition) is 1. The van der Waals surface area contributed by atoms with Crippen LogP contribution in [0.15, 0.2) is 18.2 Å². The first-order valence-corrected chi connectivity index (χ1v) is 7.86. The first-order valence-electron chi connectivity index (χ1n) is 6.15. The van der Waals surface area contributed by atoms with E-state index < -0.39 is 21.1 Å². The van der Waals surface area contributed by atoms with Gasteiger partial charge in [0.05, 0.1) is 11.0 Å². The quantitative estimate of drug-likeness (QED) is 0.896. The van der Waals surface area contributed by atoms with Crippen molar-refractivity contribution in [1.82, 2.24) is 0 Å². The second-order valence-corrected chi connectivity index (χ2v) is 7.27. The maximum Gasteiger partial charge on any atom is 0.155 e. The zero-order chi connectivity index (χ0) is 13.3. The number of sulfone groups is 1. The molecule has 2 N–H and O–H groups in total. The summed E-state index contributed by atoms with van der Waals surface area (Å²) in [5.74, 6) is -0.110. The van der Waals surface area contributed by atoms with Gasteiger partial charge in [-0.3, -0.25) is 0 Å². The summed E-state index contributed by atoms with van der Waals surface area (Å²) in [6.45, 7) is 1.76. The van der Waals surface area contributed by atoms with Crippen molar-refractivity contribution >= 4 is 9.84 Å². The molecule has 0 aliphatic carbocycles. The predicted molar refractivity (Wildman–Crippen MR) is 69.5 cm³/mol. The van der Waals surface area contributed by atoms with Crippen LogP contribution in [0.2, 0.25) is 0 Å². The summed E-state index contributed by atoms with van der Waals surface area (Å²) in [7, 11) is -3.12. The van der Waals surface area contributed by atoms with Crippen LogP contribution in [0, 0.1) is 12.7 Å². The van der Waals surface area contributed by atoms with E-state index in [9.17, 15) is 12.8 Å². The zero-order valence-corrected chi connectivity index (χ0v) is 11.2. The van der Waals surface area contributed by atoms with Crippen LogP contribution in [0.5, 0.6) is 0 Å². The van der Waals surface area contributed by atoms with Gasteiger partial charge in [-0.1, -0.05) is 12.5 Å². The van der Waals surface area contributed by atoms with Crippen molar-refractivity contribution in [2.45, 2.75) is 37.5 Å². The van der Waals surface area contributed by atoms with Gasteiger partial charge in [0.1, 0.15) is 5.82 Å². The van der Waals surface area contributed by atoms with Gasteiger partial charge in [-0.25, -0.2) is 12.8 Å². The van der Waals surface area contributed by atoms with Crippen LogP contribution in [0.4, 0.5) is 4.39 Å². The molecule has 0 amide bonds. The Labute approximate surface area is 107 Å². The largest absolute Gasteiger partial charge is 0.323 e. The lowest BCUT2D eigenvalue weighted by molar-refractivity contribution is 0.503. The smallest absolute Gasteiger partial charge is 0.155 e. The van der Waals surface area contributed by atoms with E-state index in [0.717, 1.165) is 12.0 Å². The van der Waals surface area contributed by atoms with Crippen LogP contribution in [-0.4, -0.2) is 19.4 Å². The van der Waals surface area contributed by atoms with Gasteiger partial charge in [0.25, 0.3) is 0 Å². The maximum atomic E-state index is 13.0. The molecule has 0 aromatic heterocycles. The third kappa shape index (κ3) is 2.57. The van der Waals surface area contributed by atoms with Crippen LogP contribution < -0.4 is 5.73 Å². The van der Waals surface area contributed by atoms with Crippen LogP contribution in [0.3, 0.4) is 0 Å². The fraction of sp³-hybridized carbons (Fsp3) is 0.538. The monoisotopic (exact) mass is 271 g/mol. The SMILES string of the molecule is Cc1cc(F)ccc1C(N)C1CCCCS1(=O)=O. The molecule has 1 aromatic carbocycles. The highest BCUT2D eigenvalue weighted by molar-refractivity contribution is 7.92. The highest BCUT2D eigenvalue weighted by atomic mass is 32.2. The third-order valence-corrected chi connectivity index (χ3v) is 5.93. The average Bonchev–Trinajstić information content (AvgIpc) is 2.27. The second-order valence-electron chi connectivity index (χ2n) is 4.93. The van der Waals surface area contributed by atoms with E-state index in [1.807, 2.05) is 0 Å². The molecular weight excluding hydrogens is 253 g/mol. The van der Waals surface area contributed by atoms with E-state index in [1.54, 1.807) is 13.0 Å². The average molecular weight is 271 g/mol. The Balaban J connectivity index is 2.33. The Hall–Kier alpha value is -0.940. The number of aryl methyl sites for hydroxylation is 1. The summed E-state index contributed by atoms with van der Waals surface area (Å²) in [6.07, 6.45) is 2.20. The molecule has 0 bridgehead atoms. The molecule has 2 atom stereocenters. The number of nitrogens with two attached hydrogens (primary N) is 1. The molecule has 1 saturated heterocycles. The maximum absolute atomic E-state index is 13.0. The van der Waals surface area contributed by atoms with E-state index in [-0.39, 0.29) is 11.6 Å². The molecule has 0 saturated carbocycles. The lowest BCUT2D eigenvalue weighted by atomic mass is 9.96. The number of hydrogen-bond acceptors (Lipinski definition) is 3. The van der Waals surface area contributed by atoms with Crippen LogP contribution in [-0.2, 0) is 9.84 Å². The van der Waals surface area contributed by atoms with Gasteiger partial charge in [-0.15, -0.1) is 0 Å². The molecule has 18 heavy (non-hydrogen) atoms. The lowest BCUT2D eigenvalue weighted by Gasteiger charge is -2.28. The molecule has 1 aromatic rings. The van der Waals surface area contributed by atoms with E-state index in [2.05, 4.69) is 0 Å². The minimum absolute atomic E-state index is 0.214. The van der Waals surface area contributed by atoms with Crippen molar-refractivity contribution in [1.29, 1.82) is 0 Å². The van der Waals surface area contributed by atoms with Crippen molar-refractivity contribution in [3.63, 3.8) is 0 Å². The first kappa shape index (κ1) is 13.5. The number of benzene rings is 1. The molecule has 2 unspecified atom stereocenters. The van der Waals surface area contributed by atoms with Crippen molar-refractivity contribution in [3.8, 4) is 0 Å². The summed E-state index contributed by atoms with van der Waals surface area (Å²) in [5.41, 5.74) is 7.53. The molecule has 1 aliphatic rings. The molecule has 2 rings (SSSR count). The van der Waals surface area contributed by atoms with Gasteiger partial charge in [0.15, 0.2) is 9.84 Å². The Morgan fingerprint density at radius 2 is 2.11 bits per heavy atom. The molecular formula is C13H18FNO2S. The number of rotatable bonds is 2. The molecule has 3 nitrogen and oxygen atoms in total. The fourth-order valence-corrected chi connectivity index (χ4v) is 4.62. The molecule has 0 spiro atoms. The van der Waals surface area contributed by atoms with Gasteiger partial charge in [-0.2, -0.15) is 0 Å². The Morgan fingerprint density at radius 3 is 2.72 bits per heavy atom. The summed E-state index contributed by atoms with van der Waals surface area (Å²) < 4.78 is 37.1. The van der Waals surface area contributed by atoms with Gasteiger partial charge < -0.3 is 5.73 Å². The predicted octanol–water partition coefficient (Wildman–Crippen LogP) is 2.10. The minimum atomic E-state index is -3.12. The van der Waals surface area contributed by atoms with Gasteiger partial charge in [-0.05, 0) is 43.0 Å². The molecule has 1 fully saturated rings. The Morgan fingerprint density at radius 1 is 1.39 bits per heavy atom. The molecule has 0 radical (unpaired) electrons. The molecule has 5 heteroatoms. The van der Waals surface area contributed by atoms with Crippen molar-refractivity contribution in [2.24, 2.45) is 5.73 Å². The summed E-state index contributed by atoms with van der Waals surface area (Å²) >= 11 is 0.